The smallest absolute Gasteiger partial charge is 0.174 e. The lowest BCUT2D eigenvalue weighted by Crippen LogP contribution is -2.47. The van der Waals surface area contributed by atoms with Gasteiger partial charge in [-0.05, 0) is 49.3 Å². The number of carbonyl (C=O) groups is 1. The van der Waals surface area contributed by atoms with E-state index in [4.69, 9.17) is 23.8 Å². The van der Waals surface area contributed by atoms with Crippen molar-refractivity contribution in [2.24, 2.45) is 0 Å². The number of allylic oxidation sites excluding steroid dienone is 1. The molecule has 5 heteroatoms. The highest BCUT2D eigenvalue weighted by atomic mass is 35.5. The van der Waals surface area contributed by atoms with Crippen LogP contribution in [0.5, 0.6) is 0 Å². The lowest BCUT2D eigenvalue weighted by Gasteiger charge is -2.38. The van der Waals surface area contributed by atoms with E-state index in [9.17, 15) is 4.79 Å². The van der Waals surface area contributed by atoms with Gasteiger partial charge in [-0.15, -0.1) is 0 Å². The zero-order chi connectivity index (χ0) is 18.0. The van der Waals surface area contributed by atoms with Crippen molar-refractivity contribution in [3.63, 3.8) is 0 Å². The largest absolute Gasteiger partial charge is 0.351 e. The SMILES string of the molecule is CC(=O)C1=C(C)N(Cc2ccccc2)C(=S)NC1c1cccc(Cl)c1. The van der Waals surface area contributed by atoms with E-state index < -0.39 is 0 Å². The van der Waals surface area contributed by atoms with Gasteiger partial charge in [0.1, 0.15) is 0 Å². The van der Waals surface area contributed by atoms with Crippen molar-refractivity contribution in [1.82, 2.24) is 10.2 Å². The van der Waals surface area contributed by atoms with Crippen molar-refractivity contribution in [3.8, 4) is 0 Å². The third kappa shape index (κ3) is 3.75. The second-order valence-corrected chi connectivity index (χ2v) is 6.89. The molecule has 0 aromatic heterocycles. The first kappa shape index (κ1) is 17.6. The number of Topliss-reactive ketones (excluding diaryl/α,β-unsaturated/α-hetero) is 1. The van der Waals surface area contributed by atoms with Crippen LogP contribution in [0.15, 0.2) is 65.9 Å². The number of rotatable bonds is 4. The predicted molar refractivity (Wildman–Crippen MR) is 105 cm³/mol. The third-order valence-electron chi connectivity index (χ3n) is 4.34. The molecule has 2 aromatic rings. The van der Waals surface area contributed by atoms with Gasteiger partial charge in [0.25, 0.3) is 0 Å². The first-order chi connectivity index (χ1) is 12.0. The molecule has 0 aliphatic carbocycles. The number of carbonyl (C=O) groups excluding carboxylic acids is 1. The van der Waals surface area contributed by atoms with Gasteiger partial charge >= 0.3 is 0 Å². The van der Waals surface area contributed by atoms with Crippen LogP contribution in [0.2, 0.25) is 5.02 Å². The fourth-order valence-electron chi connectivity index (χ4n) is 3.13. The molecule has 1 aliphatic heterocycles. The minimum Gasteiger partial charge on any atom is -0.351 e. The van der Waals surface area contributed by atoms with Gasteiger partial charge in [0, 0.05) is 22.8 Å². The highest BCUT2D eigenvalue weighted by molar-refractivity contribution is 7.80. The summed E-state index contributed by atoms with van der Waals surface area (Å²) in [5, 5.41) is 4.56. The average Bonchev–Trinajstić information content (AvgIpc) is 2.58. The summed E-state index contributed by atoms with van der Waals surface area (Å²) in [5.74, 6) is 0.0236. The summed E-state index contributed by atoms with van der Waals surface area (Å²) >= 11 is 11.7. The van der Waals surface area contributed by atoms with Gasteiger partial charge in [-0.3, -0.25) is 4.79 Å². The molecule has 25 heavy (non-hydrogen) atoms. The van der Waals surface area contributed by atoms with Gasteiger partial charge < -0.3 is 10.2 Å². The molecule has 1 N–H and O–H groups in total. The number of halogens is 1. The van der Waals surface area contributed by atoms with Crippen LogP contribution in [-0.2, 0) is 11.3 Å². The lowest BCUT2D eigenvalue weighted by atomic mass is 9.92. The molecule has 1 atom stereocenters. The van der Waals surface area contributed by atoms with Crippen LogP contribution in [0.3, 0.4) is 0 Å². The molecule has 0 bridgehead atoms. The number of hydrogen-bond acceptors (Lipinski definition) is 2. The van der Waals surface area contributed by atoms with Crippen LogP contribution in [0, 0.1) is 0 Å². The highest BCUT2D eigenvalue weighted by Gasteiger charge is 2.32. The average molecular weight is 371 g/mol. The maximum Gasteiger partial charge on any atom is 0.174 e. The van der Waals surface area contributed by atoms with Crippen LogP contribution in [0.25, 0.3) is 0 Å². The van der Waals surface area contributed by atoms with Crippen LogP contribution < -0.4 is 5.32 Å². The molecule has 0 saturated carbocycles. The molecule has 0 saturated heterocycles. The summed E-state index contributed by atoms with van der Waals surface area (Å²) in [6, 6.07) is 17.3. The van der Waals surface area contributed by atoms with Gasteiger partial charge in [-0.2, -0.15) is 0 Å². The Balaban J connectivity index is 2.01. The van der Waals surface area contributed by atoms with Crippen LogP contribution >= 0.6 is 23.8 Å². The van der Waals surface area contributed by atoms with Crippen molar-refractivity contribution in [3.05, 3.63) is 82.0 Å². The van der Waals surface area contributed by atoms with Gasteiger partial charge in [0.2, 0.25) is 0 Å². The monoisotopic (exact) mass is 370 g/mol. The van der Waals surface area contributed by atoms with Crippen molar-refractivity contribution in [2.45, 2.75) is 26.4 Å². The van der Waals surface area contributed by atoms with E-state index in [-0.39, 0.29) is 11.8 Å². The van der Waals surface area contributed by atoms with Crippen molar-refractivity contribution >= 4 is 34.7 Å². The van der Waals surface area contributed by atoms with Gasteiger partial charge in [0.05, 0.1) is 6.04 Å². The van der Waals surface area contributed by atoms with E-state index in [0.29, 0.717) is 22.3 Å². The molecule has 0 fully saturated rings. The lowest BCUT2D eigenvalue weighted by molar-refractivity contribution is -0.114. The molecule has 0 radical (unpaired) electrons. The summed E-state index contributed by atoms with van der Waals surface area (Å²) < 4.78 is 0. The second kappa shape index (κ2) is 7.38. The number of benzene rings is 2. The molecule has 128 valence electrons. The van der Waals surface area contributed by atoms with Crippen LogP contribution in [0.1, 0.15) is 31.0 Å². The number of nitrogens with zero attached hydrogens (tertiary/aromatic N) is 1. The standard InChI is InChI=1S/C20H19ClN2OS/c1-13-18(14(2)24)19(16-9-6-10-17(21)11-16)22-20(25)23(13)12-15-7-4-3-5-8-15/h3-11,19H,12H2,1-2H3,(H,22,25). The van der Waals surface area contributed by atoms with E-state index in [1.807, 2.05) is 66.4 Å². The Kier molecular flexibility index (Phi) is 5.21. The molecule has 3 nitrogen and oxygen atoms in total. The maximum atomic E-state index is 12.4. The van der Waals surface area contributed by atoms with Gasteiger partial charge in [-0.1, -0.05) is 54.1 Å². The summed E-state index contributed by atoms with van der Waals surface area (Å²) in [6.07, 6.45) is 0. The number of hydrogen-bond donors (Lipinski definition) is 1. The van der Waals surface area contributed by atoms with Crippen molar-refractivity contribution in [2.75, 3.05) is 0 Å². The first-order valence-electron chi connectivity index (χ1n) is 8.06. The highest BCUT2D eigenvalue weighted by Crippen LogP contribution is 2.32. The van der Waals surface area contributed by atoms with Crippen molar-refractivity contribution in [1.29, 1.82) is 0 Å². The van der Waals surface area contributed by atoms with Gasteiger partial charge in [0.15, 0.2) is 10.9 Å². The van der Waals surface area contributed by atoms with E-state index in [2.05, 4.69) is 5.32 Å². The van der Waals surface area contributed by atoms with E-state index >= 15 is 0 Å². The Hall–Kier alpha value is -2.17. The molecule has 3 rings (SSSR count). The number of ketones is 1. The second-order valence-electron chi connectivity index (χ2n) is 6.06. The zero-order valence-electron chi connectivity index (χ0n) is 14.1. The van der Waals surface area contributed by atoms with E-state index in [1.54, 1.807) is 6.92 Å². The minimum absolute atomic E-state index is 0.0236. The third-order valence-corrected chi connectivity index (χ3v) is 4.91. The topological polar surface area (TPSA) is 32.3 Å². The van der Waals surface area contributed by atoms with E-state index in [1.165, 1.54) is 0 Å². The van der Waals surface area contributed by atoms with Crippen LogP contribution in [0.4, 0.5) is 0 Å². The Morgan fingerprint density at radius 2 is 1.92 bits per heavy atom. The Morgan fingerprint density at radius 1 is 1.20 bits per heavy atom. The summed E-state index contributed by atoms with van der Waals surface area (Å²) in [4.78, 5) is 14.4. The zero-order valence-corrected chi connectivity index (χ0v) is 15.7. The minimum atomic E-state index is -0.282. The molecule has 2 aromatic carbocycles. The van der Waals surface area contributed by atoms with Gasteiger partial charge in [-0.25, -0.2) is 0 Å². The molecule has 1 heterocycles. The summed E-state index contributed by atoms with van der Waals surface area (Å²) in [5.41, 5.74) is 3.66. The molecule has 0 spiro atoms. The normalized spacial score (nSPS) is 17.5. The molecular weight excluding hydrogens is 352 g/mol. The quantitative estimate of drug-likeness (QED) is 0.795. The molecule has 1 unspecified atom stereocenters. The summed E-state index contributed by atoms with van der Waals surface area (Å²) in [7, 11) is 0. The fourth-order valence-corrected chi connectivity index (χ4v) is 3.65. The fraction of sp³-hybridized carbons (Fsp3) is 0.200. The van der Waals surface area contributed by atoms with E-state index in [0.717, 1.165) is 16.8 Å². The molecule has 0 amide bonds. The first-order valence-corrected chi connectivity index (χ1v) is 8.85. The van der Waals surface area contributed by atoms with Crippen LogP contribution in [-0.4, -0.2) is 15.8 Å². The number of nitrogens with one attached hydrogen (secondary N) is 1. The Morgan fingerprint density at radius 3 is 2.56 bits per heavy atom. The molecule has 1 aliphatic rings. The molecular formula is C20H19ClN2OS. The number of thiocarbonyl (C=S) groups is 1. The maximum absolute atomic E-state index is 12.4. The Bertz CT molecular complexity index is 848. The van der Waals surface area contributed by atoms with Crippen molar-refractivity contribution < 1.29 is 4.79 Å². The summed E-state index contributed by atoms with van der Waals surface area (Å²) in [6.45, 7) is 4.16. The Labute approximate surface area is 158 Å². The predicted octanol–water partition coefficient (Wildman–Crippen LogP) is 4.63.